The fraction of sp³-hybridized carbons (Fsp3) is 0.188. The molecule has 0 radical (unpaired) electrons. The van der Waals surface area contributed by atoms with Crippen LogP contribution in [0.2, 0.25) is 0 Å². The zero-order chi connectivity index (χ0) is 31.9. The van der Waals surface area contributed by atoms with Crippen LogP contribution in [0.3, 0.4) is 0 Å². The zero-order valence-corrected chi connectivity index (χ0v) is 25.9. The number of carbonyl (C=O) groups is 2. The molecular formula is C32H29BrF3N3O4S. The number of nitrogens with zero attached hydrogens (tertiary/aromatic N) is 2. The quantitative estimate of drug-likeness (QED) is 0.208. The van der Waals surface area contributed by atoms with Crippen molar-refractivity contribution in [3.63, 3.8) is 0 Å². The summed E-state index contributed by atoms with van der Waals surface area (Å²) >= 11 is 3.37. The molecular weight excluding hydrogens is 659 g/mol. The van der Waals surface area contributed by atoms with E-state index in [1.165, 1.54) is 42.3 Å². The highest BCUT2D eigenvalue weighted by Gasteiger charge is 2.36. The van der Waals surface area contributed by atoms with Gasteiger partial charge in [-0.1, -0.05) is 82.7 Å². The van der Waals surface area contributed by atoms with Gasteiger partial charge in [-0.25, -0.2) is 8.42 Å². The number of alkyl halides is 3. The summed E-state index contributed by atoms with van der Waals surface area (Å²) in [4.78, 5) is 28.5. The maximum atomic E-state index is 14.2. The van der Waals surface area contributed by atoms with E-state index in [2.05, 4.69) is 21.2 Å². The molecule has 1 atom stereocenters. The molecule has 230 valence electrons. The Morgan fingerprint density at radius 2 is 1.45 bits per heavy atom. The predicted molar refractivity (Wildman–Crippen MR) is 165 cm³/mol. The Morgan fingerprint density at radius 1 is 0.841 bits per heavy atom. The van der Waals surface area contributed by atoms with E-state index in [4.69, 9.17) is 0 Å². The Bertz CT molecular complexity index is 1690. The number of anilines is 1. The smallest absolute Gasteiger partial charge is 0.357 e. The molecule has 0 bridgehead atoms. The van der Waals surface area contributed by atoms with E-state index in [0.717, 1.165) is 22.2 Å². The number of sulfonamides is 1. The van der Waals surface area contributed by atoms with E-state index in [1.807, 2.05) is 6.07 Å². The van der Waals surface area contributed by atoms with E-state index < -0.39 is 46.2 Å². The van der Waals surface area contributed by atoms with Crippen LogP contribution in [-0.2, 0) is 38.8 Å². The molecule has 7 nitrogen and oxygen atoms in total. The van der Waals surface area contributed by atoms with Crippen molar-refractivity contribution in [2.75, 3.05) is 17.9 Å². The molecule has 4 aromatic rings. The van der Waals surface area contributed by atoms with Crippen LogP contribution in [0.5, 0.6) is 0 Å². The highest BCUT2D eigenvalue weighted by molar-refractivity contribution is 9.10. The molecule has 44 heavy (non-hydrogen) atoms. The van der Waals surface area contributed by atoms with Gasteiger partial charge >= 0.3 is 6.18 Å². The van der Waals surface area contributed by atoms with E-state index in [-0.39, 0.29) is 23.5 Å². The summed E-state index contributed by atoms with van der Waals surface area (Å²) in [6.07, 6.45) is -4.65. The van der Waals surface area contributed by atoms with Gasteiger partial charge in [0.05, 0.1) is 16.1 Å². The first kappa shape index (κ1) is 32.7. The summed E-state index contributed by atoms with van der Waals surface area (Å²) in [5.41, 5.74) is -0.0173. The molecule has 2 amide bonds. The highest BCUT2D eigenvalue weighted by Crippen LogP contribution is 2.33. The van der Waals surface area contributed by atoms with Crippen molar-refractivity contribution in [3.8, 4) is 0 Å². The predicted octanol–water partition coefficient (Wildman–Crippen LogP) is 6.05. The first-order valence-corrected chi connectivity index (χ1v) is 15.7. The Labute approximate surface area is 262 Å². The van der Waals surface area contributed by atoms with Crippen LogP contribution in [0, 0.1) is 0 Å². The van der Waals surface area contributed by atoms with E-state index in [9.17, 15) is 31.2 Å². The van der Waals surface area contributed by atoms with Crippen molar-refractivity contribution in [1.29, 1.82) is 0 Å². The van der Waals surface area contributed by atoms with Crippen molar-refractivity contribution in [1.82, 2.24) is 10.2 Å². The summed E-state index contributed by atoms with van der Waals surface area (Å²) in [5, 5.41) is 2.58. The molecule has 0 aliphatic rings. The SMILES string of the molecule is CNC(=O)[C@@H](Cc1ccccc1)N(Cc1ccc(Br)cc1)C(=O)CN(c1cccc(C(F)(F)F)c1)S(=O)(=O)c1ccccc1. The number of hydrogen-bond donors (Lipinski definition) is 1. The summed E-state index contributed by atoms with van der Waals surface area (Å²) in [6.45, 7) is -0.934. The van der Waals surface area contributed by atoms with Gasteiger partial charge in [0.25, 0.3) is 10.0 Å². The normalized spacial score (nSPS) is 12.3. The molecule has 4 aromatic carbocycles. The van der Waals surface area contributed by atoms with Gasteiger partial charge in [-0.15, -0.1) is 0 Å². The van der Waals surface area contributed by atoms with Gasteiger partial charge in [0, 0.05) is 24.5 Å². The fourth-order valence-corrected chi connectivity index (χ4v) is 6.28. The van der Waals surface area contributed by atoms with Crippen molar-refractivity contribution in [2.45, 2.75) is 30.1 Å². The van der Waals surface area contributed by atoms with Crippen LogP contribution in [0.25, 0.3) is 0 Å². The van der Waals surface area contributed by atoms with Gasteiger partial charge in [-0.05, 0) is 53.6 Å². The summed E-state index contributed by atoms with van der Waals surface area (Å²) in [6, 6.07) is 25.9. The Morgan fingerprint density at radius 3 is 2.05 bits per heavy atom. The minimum absolute atomic E-state index is 0.0706. The number of likely N-dealkylation sites (N-methyl/N-ethyl adjacent to an activating group) is 1. The molecule has 0 aromatic heterocycles. The molecule has 0 saturated carbocycles. The molecule has 4 rings (SSSR count). The minimum atomic E-state index is -4.75. The maximum Gasteiger partial charge on any atom is 0.416 e. The zero-order valence-electron chi connectivity index (χ0n) is 23.5. The van der Waals surface area contributed by atoms with Crippen molar-refractivity contribution in [2.24, 2.45) is 0 Å². The average molecular weight is 689 g/mol. The maximum absolute atomic E-state index is 14.2. The molecule has 0 aliphatic heterocycles. The van der Waals surface area contributed by atoms with E-state index in [1.54, 1.807) is 54.6 Å². The van der Waals surface area contributed by atoms with Gasteiger partial charge in [0.15, 0.2) is 0 Å². The van der Waals surface area contributed by atoms with Gasteiger partial charge in [0.1, 0.15) is 12.6 Å². The number of nitrogens with one attached hydrogen (secondary N) is 1. The first-order chi connectivity index (χ1) is 20.9. The Hall–Kier alpha value is -4.16. The standard InChI is InChI=1S/C32H29BrF3N3O4S/c1-37-31(41)29(19-23-9-4-2-5-10-23)38(21-24-15-17-26(33)18-16-24)30(40)22-39(44(42,43)28-13-6-3-7-14-28)27-12-8-11-25(20-27)32(34,35)36/h2-18,20,29H,19,21-22H2,1H3,(H,37,41)/t29-/m1/s1. The van der Waals surface area contributed by atoms with Crippen LogP contribution >= 0.6 is 15.9 Å². The summed E-state index contributed by atoms with van der Waals surface area (Å²) < 4.78 is 70.2. The van der Waals surface area contributed by atoms with Gasteiger partial charge in [0.2, 0.25) is 11.8 Å². The van der Waals surface area contributed by atoms with Gasteiger partial charge < -0.3 is 10.2 Å². The van der Waals surface area contributed by atoms with E-state index >= 15 is 0 Å². The summed E-state index contributed by atoms with van der Waals surface area (Å²) in [7, 11) is -3.09. The third-order valence-electron chi connectivity index (χ3n) is 6.86. The number of halogens is 4. The second-order valence-electron chi connectivity index (χ2n) is 9.84. The second-order valence-corrected chi connectivity index (χ2v) is 12.6. The highest BCUT2D eigenvalue weighted by atomic mass is 79.9. The van der Waals surface area contributed by atoms with Crippen LogP contribution in [0.1, 0.15) is 16.7 Å². The minimum Gasteiger partial charge on any atom is -0.357 e. The number of carbonyl (C=O) groups excluding carboxylic acids is 2. The van der Waals surface area contributed by atoms with Gasteiger partial charge in [-0.3, -0.25) is 13.9 Å². The van der Waals surface area contributed by atoms with Crippen LogP contribution in [0.4, 0.5) is 18.9 Å². The second kappa shape index (κ2) is 14.1. The Kier molecular flexibility index (Phi) is 10.5. The molecule has 1 N–H and O–H groups in total. The first-order valence-electron chi connectivity index (χ1n) is 13.4. The monoisotopic (exact) mass is 687 g/mol. The molecule has 0 aliphatic carbocycles. The molecule has 0 heterocycles. The topological polar surface area (TPSA) is 86.8 Å². The number of rotatable bonds is 11. The van der Waals surface area contributed by atoms with Crippen molar-refractivity contribution < 1.29 is 31.2 Å². The molecule has 0 spiro atoms. The average Bonchev–Trinajstić information content (AvgIpc) is 3.02. The van der Waals surface area contributed by atoms with Crippen molar-refractivity contribution >= 4 is 43.5 Å². The number of hydrogen-bond acceptors (Lipinski definition) is 4. The Balaban J connectivity index is 1.81. The van der Waals surface area contributed by atoms with Crippen LogP contribution in [0.15, 0.2) is 119 Å². The lowest BCUT2D eigenvalue weighted by Crippen LogP contribution is -2.53. The largest absolute Gasteiger partial charge is 0.416 e. The third-order valence-corrected chi connectivity index (χ3v) is 9.17. The lowest BCUT2D eigenvalue weighted by molar-refractivity contribution is -0.139. The molecule has 0 unspecified atom stereocenters. The van der Waals surface area contributed by atoms with E-state index in [0.29, 0.717) is 15.9 Å². The number of amides is 2. The summed E-state index contributed by atoms with van der Waals surface area (Å²) in [5.74, 6) is -1.27. The van der Waals surface area contributed by atoms with Crippen LogP contribution < -0.4 is 9.62 Å². The molecule has 12 heteroatoms. The number of benzene rings is 4. The molecule has 0 saturated heterocycles. The van der Waals surface area contributed by atoms with Crippen LogP contribution in [-0.4, -0.2) is 44.8 Å². The molecule has 0 fully saturated rings. The lowest BCUT2D eigenvalue weighted by atomic mass is 10.0. The van der Waals surface area contributed by atoms with Gasteiger partial charge in [-0.2, -0.15) is 13.2 Å². The fourth-order valence-electron chi connectivity index (χ4n) is 4.59. The van der Waals surface area contributed by atoms with Crippen molar-refractivity contribution in [3.05, 3.63) is 130 Å². The lowest BCUT2D eigenvalue weighted by Gasteiger charge is -2.33. The third kappa shape index (κ3) is 8.06.